The summed E-state index contributed by atoms with van der Waals surface area (Å²) in [6, 6.07) is 8.08. The molecule has 0 saturated carbocycles. The summed E-state index contributed by atoms with van der Waals surface area (Å²) in [6.45, 7) is 3.00. The molecule has 90 valence electrons. The highest BCUT2D eigenvalue weighted by Crippen LogP contribution is 2.15. The molecule has 0 bridgehead atoms. The van der Waals surface area contributed by atoms with Crippen molar-refractivity contribution in [2.75, 3.05) is 6.61 Å². The van der Waals surface area contributed by atoms with Crippen LogP contribution in [-0.4, -0.2) is 16.2 Å². The molecule has 0 saturated heterocycles. The Labute approximate surface area is 102 Å². The standard InChI is InChI=1S/C14H18N2O/c1-2-3-4-11-17-14-7-5-13(6-8-14)16-10-9-15-12-16/h5-10,12H,2-4,11H2,1H3. The molecule has 3 nitrogen and oxygen atoms in total. The van der Waals surface area contributed by atoms with Crippen molar-refractivity contribution < 1.29 is 4.74 Å². The molecule has 0 spiro atoms. The second-order valence-corrected chi connectivity index (χ2v) is 4.02. The second kappa shape index (κ2) is 6.09. The van der Waals surface area contributed by atoms with Crippen LogP contribution in [0.1, 0.15) is 26.2 Å². The molecule has 0 unspecified atom stereocenters. The average molecular weight is 230 g/mol. The molecule has 17 heavy (non-hydrogen) atoms. The van der Waals surface area contributed by atoms with Crippen LogP contribution in [0, 0.1) is 0 Å². The van der Waals surface area contributed by atoms with Crippen LogP contribution in [0.3, 0.4) is 0 Å². The summed E-state index contributed by atoms with van der Waals surface area (Å²) in [5, 5.41) is 0. The summed E-state index contributed by atoms with van der Waals surface area (Å²) in [5.41, 5.74) is 1.10. The Kier molecular flexibility index (Phi) is 4.19. The van der Waals surface area contributed by atoms with Gasteiger partial charge < -0.3 is 9.30 Å². The Morgan fingerprint density at radius 1 is 1.18 bits per heavy atom. The molecule has 0 aliphatic rings. The Hall–Kier alpha value is -1.77. The van der Waals surface area contributed by atoms with E-state index in [0.29, 0.717) is 0 Å². The molecule has 1 aromatic heterocycles. The van der Waals surface area contributed by atoms with Crippen molar-refractivity contribution in [1.29, 1.82) is 0 Å². The number of hydrogen-bond acceptors (Lipinski definition) is 2. The fourth-order valence-electron chi connectivity index (χ4n) is 1.67. The van der Waals surface area contributed by atoms with E-state index in [1.807, 2.05) is 35.0 Å². The molecule has 2 aromatic rings. The first-order valence-corrected chi connectivity index (χ1v) is 6.11. The van der Waals surface area contributed by atoms with E-state index in [4.69, 9.17) is 4.74 Å². The third-order valence-electron chi connectivity index (χ3n) is 2.66. The number of ether oxygens (including phenoxy) is 1. The largest absolute Gasteiger partial charge is 0.494 e. The molecule has 0 fully saturated rings. The summed E-state index contributed by atoms with van der Waals surface area (Å²) >= 11 is 0. The highest BCUT2D eigenvalue weighted by molar-refractivity contribution is 5.37. The number of nitrogens with zero attached hydrogens (tertiary/aromatic N) is 2. The lowest BCUT2D eigenvalue weighted by molar-refractivity contribution is 0.306. The van der Waals surface area contributed by atoms with Gasteiger partial charge in [0.05, 0.1) is 12.9 Å². The van der Waals surface area contributed by atoms with Gasteiger partial charge in [0.1, 0.15) is 5.75 Å². The number of imidazole rings is 1. The maximum absolute atomic E-state index is 5.66. The van der Waals surface area contributed by atoms with Crippen molar-refractivity contribution in [2.45, 2.75) is 26.2 Å². The molecule has 1 heterocycles. The van der Waals surface area contributed by atoms with E-state index in [-0.39, 0.29) is 0 Å². The minimum Gasteiger partial charge on any atom is -0.494 e. The Balaban J connectivity index is 1.90. The Morgan fingerprint density at radius 3 is 2.65 bits per heavy atom. The van der Waals surface area contributed by atoms with Crippen molar-refractivity contribution in [2.24, 2.45) is 0 Å². The molecule has 0 aliphatic heterocycles. The van der Waals surface area contributed by atoms with E-state index in [1.54, 1.807) is 12.5 Å². The van der Waals surface area contributed by atoms with Crippen LogP contribution >= 0.6 is 0 Å². The van der Waals surface area contributed by atoms with E-state index in [1.165, 1.54) is 12.8 Å². The molecular formula is C14H18N2O. The highest BCUT2D eigenvalue weighted by Gasteiger charge is 1.97. The first kappa shape index (κ1) is 11.7. The van der Waals surface area contributed by atoms with E-state index < -0.39 is 0 Å². The zero-order chi connectivity index (χ0) is 11.9. The van der Waals surface area contributed by atoms with E-state index in [2.05, 4.69) is 11.9 Å². The van der Waals surface area contributed by atoms with Crippen LogP contribution in [0.5, 0.6) is 5.75 Å². The van der Waals surface area contributed by atoms with Gasteiger partial charge in [0.25, 0.3) is 0 Å². The van der Waals surface area contributed by atoms with Gasteiger partial charge in [-0.25, -0.2) is 4.98 Å². The molecule has 0 atom stereocenters. The topological polar surface area (TPSA) is 27.1 Å². The van der Waals surface area contributed by atoms with Gasteiger partial charge in [0, 0.05) is 18.1 Å². The van der Waals surface area contributed by atoms with Crippen LogP contribution in [0.15, 0.2) is 43.0 Å². The molecular weight excluding hydrogens is 212 g/mol. The van der Waals surface area contributed by atoms with E-state index in [0.717, 1.165) is 24.5 Å². The average Bonchev–Trinajstić information content (AvgIpc) is 2.89. The van der Waals surface area contributed by atoms with E-state index >= 15 is 0 Å². The maximum atomic E-state index is 5.66. The van der Waals surface area contributed by atoms with Gasteiger partial charge in [0.2, 0.25) is 0 Å². The normalized spacial score (nSPS) is 10.4. The van der Waals surface area contributed by atoms with Gasteiger partial charge in [-0.1, -0.05) is 19.8 Å². The predicted octanol–water partition coefficient (Wildman–Crippen LogP) is 3.44. The summed E-state index contributed by atoms with van der Waals surface area (Å²) in [6.07, 6.45) is 9.07. The van der Waals surface area contributed by atoms with Gasteiger partial charge in [-0.2, -0.15) is 0 Å². The number of aromatic nitrogens is 2. The van der Waals surface area contributed by atoms with Crippen molar-refractivity contribution in [3.63, 3.8) is 0 Å². The smallest absolute Gasteiger partial charge is 0.119 e. The quantitative estimate of drug-likeness (QED) is 0.711. The highest BCUT2D eigenvalue weighted by atomic mass is 16.5. The number of hydrogen-bond donors (Lipinski definition) is 0. The maximum Gasteiger partial charge on any atom is 0.119 e. The van der Waals surface area contributed by atoms with Crippen LogP contribution in [0.25, 0.3) is 5.69 Å². The molecule has 1 aromatic carbocycles. The fourth-order valence-corrected chi connectivity index (χ4v) is 1.67. The SMILES string of the molecule is CCCCCOc1ccc(-n2ccnc2)cc1. The van der Waals surface area contributed by atoms with Crippen LogP contribution < -0.4 is 4.74 Å². The Morgan fingerprint density at radius 2 is 2.00 bits per heavy atom. The van der Waals surface area contributed by atoms with Gasteiger partial charge >= 0.3 is 0 Å². The third-order valence-corrected chi connectivity index (χ3v) is 2.66. The lowest BCUT2D eigenvalue weighted by atomic mass is 10.2. The summed E-state index contributed by atoms with van der Waals surface area (Å²) < 4.78 is 7.63. The van der Waals surface area contributed by atoms with Gasteiger partial charge in [-0.3, -0.25) is 0 Å². The lowest BCUT2D eigenvalue weighted by Crippen LogP contribution is -1.97. The first-order valence-electron chi connectivity index (χ1n) is 6.11. The Bertz CT molecular complexity index is 420. The van der Waals surface area contributed by atoms with Crippen molar-refractivity contribution in [3.05, 3.63) is 43.0 Å². The first-order chi connectivity index (χ1) is 8.40. The van der Waals surface area contributed by atoms with Gasteiger partial charge in [0.15, 0.2) is 0 Å². The van der Waals surface area contributed by atoms with E-state index in [9.17, 15) is 0 Å². The van der Waals surface area contributed by atoms with Gasteiger partial charge in [-0.05, 0) is 30.7 Å². The minimum absolute atomic E-state index is 0.804. The zero-order valence-corrected chi connectivity index (χ0v) is 10.2. The number of unbranched alkanes of at least 4 members (excludes halogenated alkanes) is 2. The summed E-state index contributed by atoms with van der Waals surface area (Å²) in [4.78, 5) is 4.02. The van der Waals surface area contributed by atoms with Crippen LogP contribution in [-0.2, 0) is 0 Å². The molecule has 0 N–H and O–H groups in total. The minimum atomic E-state index is 0.804. The fraction of sp³-hybridized carbons (Fsp3) is 0.357. The second-order valence-electron chi connectivity index (χ2n) is 4.02. The van der Waals surface area contributed by atoms with Crippen LogP contribution in [0.4, 0.5) is 0 Å². The number of rotatable bonds is 6. The third kappa shape index (κ3) is 3.34. The van der Waals surface area contributed by atoms with Crippen molar-refractivity contribution in [3.8, 4) is 11.4 Å². The molecule has 2 rings (SSSR count). The molecule has 3 heteroatoms. The monoisotopic (exact) mass is 230 g/mol. The zero-order valence-electron chi connectivity index (χ0n) is 10.2. The predicted molar refractivity (Wildman–Crippen MR) is 68.6 cm³/mol. The molecule has 0 amide bonds. The summed E-state index contributed by atoms with van der Waals surface area (Å²) in [5.74, 6) is 0.935. The lowest BCUT2D eigenvalue weighted by Gasteiger charge is -2.07. The molecule has 0 radical (unpaired) electrons. The number of benzene rings is 1. The van der Waals surface area contributed by atoms with Crippen LogP contribution in [0.2, 0.25) is 0 Å². The summed E-state index contributed by atoms with van der Waals surface area (Å²) in [7, 11) is 0. The van der Waals surface area contributed by atoms with Gasteiger partial charge in [-0.15, -0.1) is 0 Å². The van der Waals surface area contributed by atoms with Crippen molar-refractivity contribution in [1.82, 2.24) is 9.55 Å². The molecule has 0 aliphatic carbocycles. The van der Waals surface area contributed by atoms with Crippen molar-refractivity contribution >= 4 is 0 Å².